The zero-order chi connectivity index (χ0) is 26.0. The lowest BCUT2D eigenvalue weighted by atomic mass is 9.70. The van der Waals surface area contributed by atoms with E-state index < -0.39 is 35.6 Å². The van der Waals surface area contributed by atoms with Crippen molar-refractivity contribution in [3.05, 3.63) is 54.6 Å². The third-order valence-corrected chi connectivity index (χ3v) is 7.69. The van der Waals surface area contributed by atoms with Crippen LogP contribution >= 0.6 is 0 Å². The number of carbonyl (C=O) groups is 3. The molecule has 3 aliphatic heterocycles. The number of unbranched alkanes of at least 4 members (excludes halogenated alkanes) is 1. The molecular weight excluding hydrogens is 460 g/mol. The summed E-state index contributed by atoms with van der Waals surface area (Å²) >= 11 is 0. The maximum Gasteiger partial charge on any atom is 0.312 e. The number of aliphatic hydroxyl groups excluding tert-OH is 1. The van der Waals surface area contributed by atoms with Gasteiger partial charge in [-0.05, 0) is 56.7 Å². The molecule has 3 fully saturated rings. The molecule has 0 radical (unpaired) electrons. The van der Waals surface area contributed by atoms with Gasteiger partial charge in [-0.15, -0.1) is 6.58 Å². The molecule has 3 aliphatic rings. The number of fused-ring (bicyclic) bond motifs is 1. The summed E-state index contributed by atoms with van der Waals surface area (Å²) in [5, 5.41) is 9.32. The van der Waals surface area contributed by atoms with Gasteiger partial charge >= 0.3 is 5.97 Å². The second-order valence-corrected chi connectivity index (χ2v) is 9.96. The average Bonchev–Trinajstić information content (AvgIpc) is 3.50. The quantitative estimate of drug-likeness (QED) is 0.288. The molecule has 8 nitrogen and oxygen atoms in total. The molecule has 36 heavy (non-hydrogen) atoms. The molecule has 2 unspecified atom stereocenters. The van der Waals surface area contributed by atoms with Crippen molar-refractivity contribution in [2.24, 2.45) is 11.8 Å². The summed E-state index contributed by atoms with van der Waals surface area (Å²) in [7, 11) is 0. The molecule has 4 rings (SSSR count). The fourth-order valence-corrected chi connectivity index (χ4v) is 6.17. The zero-order valence-electron chi connectivity index (χ0n) is 21.2. The van der Waals surface area contributed by atoms with Crippen LogP contribution < -0.4 is 4.90 Å². The Bertz CT molecular complexity index is 1050. The van der Waals surface area contributed by atoms with Crippen molar-refractivity contribution < 1.29 is 29.0 Å². The number of aryl methyl sites for hydroxylation is 2. The first-order valence-electron chi connectivity index (χ1n) is 12.7. The fourth-order valence-electron chi connectivity index (χ4n) is 6.17. The minimum atomic E-state index is -1.09. The SMILES string of the molecule is C=CCOC(=O)[C@@H]1[C@H]2C(=O)N(CCCCO)C(C(=O)N(CC=C)c3cc(C)ccc3C)C23CC[C@H]1O3. The van der Waals surface area contributed by atoms with Crippen LogP contribution in [0.2, 0.25) is 0 Å². The number of esters is 1. The van der Waals surface area contributed by atoms with E-state index in [0.717, 1.165) is 16.8 Å². The van der Waals surface area contributed by atoms with E-state index in [1.165, 1.54) is 6.08 Å². The van der Waals surface area contributed by atoms with Gasteiger partial charge in [0.15, 0.2) is 0 Å². The minimum Gasteiger partial charge on any atom is -0.461 e. The van der Waals surface area contributed by atoms with Crippen molar-refractivity contribution in [1.82, 2.24) is 4.90 Å². The first kappa shape index (κ1) is 26.1. The summed E-state index contributed by atoms with van der Waals surface area (Å²) in [4.78, 5) is 44.5. The maximum absolute atomic E-state index is 14.4. The lowest BCUT2D eigenvalue weighted by Gasteiger charge is -2.37. The van der Waals surface area contributed by atoms with Crippen molar-refractivity contribution in [2.45, 2.75) is 57.3 Å². The molecule has 1 spiro atoms. The molecule has 194 valence electrons. The van der Waals surface area contributed by atoms with Crippen LogP contribution in [-0.2, 0) is 23.9 Å². The second-order valence-electron chi connectivity index (χ2n) is 9.96. The molecule has 8 heteroatoms. The van der Waals surface area contributed by atoms with Gasteiger partial charge in [0, 0.05) is 25.4 Å². The maximum atomic E-state index is 14.4. The summed E-state index contributed by atoms with van der Waals surface area (Å²) < 4.78 is 11.8. The Morgan fingerprint density at radius 2 is 2.06 bits per heavy atom. The van der Waals surface area contributed by atoms with Gasteiger partial charge in [0.25, 0.3) is 5.91 Å². The van der Waals surface area contributed by atoms with Crippen LogP contribution in [0, 0.1) is 25.7 Å². The van der Waals surface area contributed by atoms with Crippen molar-refractivity contribution in [2.75, 3.05) is 31.2 Å². The summed E-state index contributed by atoms with van der Waals surface area (Å²) in [6.07, 6.45) is 4.84. The van der Waals surface area contributed by atoms with Gasteiger partial charge in [0.2, 0.25) is 5.91 Å². The summed E-state index contributed by atoms with van der Waals surface area (Å²) in [5.74, 6) is -2.52. The molecule has 1 N–H and O–H groups in total. The third-order valence-electron chi connectivity index (χ3n) is 7.69. The predicted molar refractivity (Wildman–Crippen MR) is 135 cm³/mol. The van der Waals surface area contributed by atoms with E-state index in [1.807, 2.05) is 32.0 Å². The Hall–Kier alpha value is -2.97. The number of benzene rings is 1. The van der Waals surface area contributed by atoms with Crippen LogP contribution in [0.5, 0.6) is 0 Å². The van der Waals surface area contributed by atoms with Crippen LogP contribution in [-0.4, -0.2) is 71.8 Å². The average molecular weight is 497 g/mol. The number of hydrogen-bond acceptors (Lipinski definition) is 6. The number of anilines is 1. The highest BCUT2D eigenvalue weighted by atomic mass is 16.6. The standard InChI is InChI=1S/C28H36N2O6/c1-5-13-29(20-17-18(3)9-10-19(20)4)26(33)24-28-12-11-21(36-28)22(27(34)35-16-6-2)23(28)25(32)30(24)14-7-8-15-31/h5-6,9-10,17,21-24,31H,1-2,7-8,11-16H2,3-4H3/t21-,22+,23+,24?,28?/m1/s1. The number of hydrogen-bond donors (Lipinski definition) is 1. The van der Waals surface area contributed by atoms with E-state index in [4.69, 9.17) is 9.47 Å². The first-order chi connectivity index (χ1) is 17.3. The summed E-state index contributed by atoms with van der Waals surface area (Å²) in [6.45, 7) is 12.0. The Morgan fingerprint density at radius 1 is 1.28 bits per heavy atom. The fraction of sp³-hybridized carbons (Fsp3) is 0.536. The molecule has 0 saturated carbocycles. The highest BCUT2D eigenvalue weighted by Crippen LogP contribution is 2.59. The Kier molecular flexibility index (Phi) is 7.66. The monoisotopic (exact) mass is 496 g/mol. The van der Waals surface area contributed by atoms with Crippen LogP contribution in [0.25, 0.3) is 0 Å². The lowest BCUT2D eigenvalue weighted by Crippen LogP contribution is -2.56. The molecular formula is C28H36N2O6. The topological polar surface area (TPSA) is 96.4 Å². The van der Waals surface area contributed by atoms with Crippen LogP contribution in [0.4, 0.5) is 5.69 Å². The molecule has 2 bridgehead atoms. The van der Waals surface area contributed by atoms with Crippen molar-refractivity contribution in [3.8, 4) is 0 Å². The zero-order valence-corrected chi connectivity index (χ0v) is 21.2. The molecule has 1 aromatic carbocycles. The second kappa shape index (κ2) is 10.6. The van der Waals surface area contributed by atoms with Crippen molar-refractivity contribution in [1.29, 1.82) is 0 Å². The number of ether oxygens (including phenoxy) is 2. The number of amides is 2. The molecule has 1 aromatic rings. The van der Waals surface area contributed by atoms with Gasteiger partial charge in [0.05, 0.1) is 17.9 Å². The Morgan fingerprint density at radius 3 is 2.75 bits per heavy atom. The number of likely N-dealkylation sites (tertiary alicyclic amines) is 1. The van der Waals surface area contributed by atoms with E-state index >= 15 is 0 Å². The largest absolute Gasteiger partial charge is 0.461 e. The molecule has 0 aliphatic carbocycles. The normalized spacial score (nSPS) is 28.2. The first-order valence-corrected chi connectivity index (χ1v) is 12.7. The summed E-state index contributed by atoms with van der Waals surface area (Å²) in [5.41, 5.74) is 1.62. The van der Waals surface area contributed by atoms with Gasteiger partial charge in [0.1, 0.15) is 18.2 Å². The number of carbonyl (C=O) groups excluding carboxylic acids is 3. The van der Waals surface area contributed by atoms with Crippen LogP contribution in [0.3, 0.4) is 0 Å². The van der Waals surface area contributed by atoms with E-state index in [2.05, 4.69) is 13.2 Å². The molecule has 5 atom stereocenters. The molecule has 3 saturated heterocycles. The van der Waals surface area contributed by atoms with E-state index in [0.29, 0.717) is 32.2 Å². The Labute approximate surface area is 212 Å². The summed E-state index contributed by atoms with van der Waals surface area (Å²) in [6, 6.07) is 5.04. The van der Waals surface area contributed by atoms with Crippen LogP contribution in [0.1, 0.15) is 36.8 Å². The van der Waals surface area contributed by atoms with Crippen molar-refractivity contribution >= 4 is 23.5 Å². The van der Waals surface area contributed by atoms with E-state index in [-0.39, 0.29) is 31.6 Å². The number of rotatable bonds is 11. The van der Waals surface area contributed by atoms with Crippen LogP contribution in [0.15, 0.2) is 43.5 Å². The van der Waals surface area contributed by atoms with Gasteiger partial charge in [-0.25, -0.2) is 0 Å². The minimum absolute atomic E-state index is 0.00459. The third kappa shape index (κ3) is 4.26. The molecule has 3 heterocycles. The highest BCUT2D eigenvalue weighted by Gasteiger charge is 2.75. The van der Waals surface area contributed by atoms with E-state index in [9.17, 15) is 19.5 Å². The van der Waals surface area contributed by atoms with Gasteiger partial charge in [-0.1, -0.05) is 30.9 Å². The Balaban J connectivity index is 1.76. The predicted octanol–water partition coefficient (Wildman–Crippen LogP) is 2.70. The molecule has 0 aromatic heterocycles. The smallest absolute Gasteiger partial charge is 0.312 e. The highest BCUT2D eigenvalue weighted by molar-refractivity contribution is 6.05. The van der Waals surface area contributed by atoms with Crippen molar-refractivity contribution in [3.63, 3.8) is 0 Å². The van der Waals surface area contributed by atoms with Gasteiger partial charge < -0.3 is 24.4 Å². The van der Waals surface area contributed by atoms with Gasteiger partial charge in [-0.2, -0.15) is 0 Å². The number of aliphatic hydroxyl groups is 1. The number of nitrogens with zero attached hydrogens (tertiary/aromatic N) is 2. The molecule has 2 amide bonds. The lowest BCUT2D eigenvalue weighted by molar-refractivity contribution is -0.154. The van der Waals surface area contributed by atoms with Gasteiger partial charge in [-0.3, -0.25) is 14.4 Å². The van der Waals surface area contributed by atoms with E-state index in [1.54, 1.807) is 15.9 Å².